The number of rotatable bonds is 1. The highest BCUT2D eigenvalue weighted by Crippen LogP contribution is 2.69. The minimum Gasteiger partial charge on any atom is -0.395 e. The minimum absolute atomic E-state index is 0.0288. The van der Waals surface area contributed by atoms with E-state index in [1.54, 1.807) is 5.57 Å². The van der Waals surface area contributed by atoms with Crippen LogP contribution >= 0.6 is 0 Å². The molecule has 1 heterocycles. The van der Waals surface area contributed by atoms with Crippen molar-refractivity contribution in [3.63, 3.8) is 0 Å². The lowest BCUT2D eigenvalue weighted by Gasteiger charge is -2.64. The molecule has 5 atom stereocenters. The van der Waals surface area contributed by atoms with Gasteiger partial charge in [0.15, 0.2) is 5.79 Å². The van der Waals surface area contributed by atoms with Gasteiger partial charge in [-0.15, -0.1) is 0 Å². The zero-order chi connectivity index (χ0) is 18.1. The van der Waals surface area contributed by atoms with E-state index in [4.69, 9.17) is 9.47 Å². The van der Waals surface area contributed by atoms with E-state index in [1.807, 2.05) is 0 Å². The van der Waals surface area contributed by atoms with Crippen molar-refractivity contribution in [1.82, 2.24) is 0 Å². The molecular formula is C22H36O3. The van der Waals surface area contributed by atoms with E-state index in [1.165, 1.54) is 19.3 Å². The Hall–Kier alpha value is -0.380. The Balaban J connectivity index is 1.74. The largest absolute Gasteiger partial charge is 0.395 e. The fourth-order valence-electron chi connectivity index (χ4n) is 7.03. The summed E-state index contributed by atoms with van der Waals surface area (Å²) < 4.78 is 13.0. The van der Waals surface area contributed by atoms with E-state index in [-0.39, 0.29) is 28.5 Å². The number of aliphatic hydroxyl groups excluding tert-OH is 1. The molecule has 1 N–H and O–H groups in total. The molecule has 3 fully saturated rings. The van der Waals surface area contributed by atoms with E-state index < -0.39 is 5.79 Å². The lowest BCUT2D eigenvalue weighted by atomic mass is 9.43. The van der Waals surface area contributed by atoms with Crippen LogP contribution in [0.15, 0.2) is 11.6 Å². The van der Waals surface area contributed by atoms with Gasteiger partial charge in [0, 0.05) is 17.3 Å². The third kappa shape index (κ3) is 2.21. The summed E-state index contributed by atoms with van der Waals surface area (Å²) in [6.07, 6.45) is 10.7. The molecule has 4 aliphatic rings. The fourth-order valence-corrected chi connectivity index (χ4v) is 7.03. The summed E-state index contributed by atoms with van der Waals surface area (Å²) in [4.78, 5) is 0. The molecule has 0 bridgehead atoms. The maximum atomic E-state index is 10.3. The highest BCUT2D eigenvalue weighted by atomic mass is 16.8. The van der Waals surface area contributed by atoms with Crippen LogP contribution in [0.3, 0.4) is 0 Å². The van der Waals surface area contributed by atoms with Crippen molar-refractivity contribution in [2.75, 3.05) is 6.61 Å². The van der Waals surface area contributed by atoms with Crippen LogP contribution in [0.5, 0.6) is 0 Å². The Kier molecular flexibility index (Phi) is 4.00. The first-order valence-corrected chi connectivity index (χ1v) is 10.4. The van der Waals surface area contributed by atoms with Crippen LogP contribution in [0.4, 0.5) is 0 Å². The van der Waals surface area contributed by atoms with Gasteiger partial charge in [0.05, 0.1) is 18.8 Å². The highest BCUT2D eigenvalue weighted by Gasteiger charge is 2.67. The van der Waals surface area contributed by atoms with Crippen molar-refractivity contribution < 1.29 is 14.6 Å². The lowest BCUT2D eigenvalue weighted by Crippen LogP contribution is -2.62. The summed E-state index contributed by atoms with van der Waals surface area (Å²) >= 11 is 0. The number of fused-ring (bicyclic) bond motifs is 3. The van der Waals surface area contributed by atoms with Gasteiger partial charge in [-0.05, 0) is 63.7 Å². The van der Waals surface area contributed by atoms with E-state index >= 15 is 0 Å². The van der Waals surface area contributed by atoms with Crippen LogP contribution in [0.25, 0.3) is 0 Å². The standard InChI is InChI=1S/C22H36O3/c1-15-16(2)25-22(24-15)13-12-20(5)17(19(22,3)4)9-11-21(14-23)10-7-6-8-18(20)21/h8,15-17,23H,6-7,9-14H2,1-5H3/t15-,16-,17?,20-,21?/m1/s1. The van der Waals surface area contributed by atoms with E-state index in [9.17, 15) is 5.11 Å². The van der Waals surface area contributed by atoms with Gasteiger partial charge >= 0.3 is 0 Å². The highest BCUT2D eigenvalue weighted by molar-refractivity contribution is 5.32. The van der Waals surface area contributed by atoms with E-state index in [0.29, 0.717) is 12.5 Å². The van der Waals surface area contributed by atoms with Gasteiger partial charge in [0.1, 0.15) is 0 Å². The molecule has 3 aliphatic carbocycles. The molecule has 0 amide bonds. The molecule has 3 heteroatoms. The van der Waals surface area contributed by atoms with Crippen molar-refractivity contribution in [3.8, 4) is 0 Å². The van der Waals surface area contributed by atoms with Crippen molar-refractivity contribution in [2.45, 2.75) is 97.6 Å². The molecule has 0 aromatic carbocycles. The first-order chi connectivity index (χ1) is 11.7. The van der Waals surface area contributed by atoms with Crippen molar-refractivity contribution in [3.05, 3.63) is 11.6 Å². The van der Waals surface area contributed by atoms with E-state index in [0.717, 1.165) is 25.7 Å². The Morgan fingerprint density at radius 3 is 2.36 bits per heavy atom. The number of hydrogen-bond donors (Lipinski definition) is 1. The van der Waals surface area contributed by atoms with Gasteiger partial charge in [-0.25, -0.2) is 0 Å². The maximum Gasteiger partial charge on any atom is 0.174 e. The van der Waals surface area contributed by atoms with Crippen LogP contribution in [0, 0.1) is 22.2 Å². The van der Waals surface area contributed by atoms with Gasteiger partial charge in [-0.1, -0.05) is 32.4 Å². The lowest BCUT2D eigenvalue weighted by molar-refractivity contribution is -0.295. The molecule has 25 heavy (non-hydrogen) atoms. The Morgan fingerprint density at radius 1 is 1.04 bits per heavy atom. The first kappa shape index (κ1) is 18.0. The van der Waals surface area contributed by atoms with Gasteiger partial charge in [-0.2, -0.15) is 0 Å². The molecule has 0 aromatic heterocycles. The second-order valence-corrected chi connectivity index (χ2v) is 10.1. The number of hydrogen-bond acceptors (Lipinski definition) is 3. The third-order valence-corrected chi connectivity index (χ3v) is 8.62. The predicted molar refractivity (Wildman–Crippen MR) is 99.1 cm³/mol. The zero-order valence-electron chi connectivity index (χ0n) is 16.7. The molecule has 0 radical (unpaired) electrons. The predicted octanol–water partition coefficient (Wildman–Crippen LogP) is 4.83. The van der Waals surface area contributed by atoms with Crippen LogP contribution in [-0.4, -0.2) is 29.7 Å². The van der Waals surface area contributed by atoms with Gasteiger partial charge in [0.2, 0.25) is 0 Å². The second-order valence-electron chi connectivity index (χ2n) is 10.1. The second kappa shape index (κ2) is 5.56. The molecule has 1 saturated heterocycles. The quantitative estimate of drug-likeness (QED) is 0.690. The Bertz CT molecular complexity index is 570. The summed E-state index contributed by atoms with van der Waals surface area (Å²) in [5.41, 5.74) is 1.74. The minimum atomic E-state index is -0.440. The number of ether oxygens (including phenoxy) is 2. The third-order valence-electron chi connectivity index (χ3n) is 8.62. The van der Waals surface area contributed by atoms with Crippen molar-refractivity contribution >= 4 is 0 Å². The number of allylic oxidation sites excluding steroid dienone is 1. The molecular weight excluding hydrogens is 312 g/mol. The van der Waals surface area contributed by atoms with Crippen molar-refractivity contribution in [1.29, 1.82) is 0 Å². The summed E-state index contributed by atoms with van der Waals surface area (Å²) in [5, 5.41) is 10.3. The van der Waals surface area contributed by atoms with Crippen LogP contribution in [0.2, 0.25) is 0 Å². The molecule has 0 aromatic rings. The monoisotopic (exact) mass is 348 g/mol. The molecule has 3 nitrogen and oxygen atoms in total. The molecule has 142 valence electrons. The number of aliphatic hydroxyl groups is 1. The average Bonchev–Trinajstić information content (AvgIpc) is 2.88. The topological polar surface area (TPSA) is 38.7 Å². The summed E-state index contributed by atoms with van der Waals surface area (Å²) in [6, 6.07) is 0. The zero-order valence-corrected chi connectivity index (χ0v) is 16.7. The first-order valence-electron chi connectivity index (χ1n) is 10.4. The summed E-state index contributed by atoms with van der Waals surface area (Å²) in [7, 11) is 0. The average molecular weight is 349 g/mol. The Labute approximate surface area is 153 Å². The van der Waals surface area contributed by atoms with Crippen molar-refractivity contribution in [2.24, 2.45) is 22.2 Å². The van der Waals surface area contributed by atoms with Crippen LogP contribution in [-0.2, 0) is 9.47 Å². The van der Waals surface area contributed by atoms with E-state index in [2.05, 4.69) is 40.7 Å². The van der Waals surface area contributed by atoms with Crippen LogP contribution < -0.4 is 0 Å². The molecule has 2 saturated carbocycles. The summed E-state index contributed by atoms with van der Waals surface area (Å²) in [6.45, 7) is 11.8. The SMILES string of the molecule is C[C@H]1OC2(CC[C@@]3(C)C4=CCCCC4(CO)CCC3C2(C)C)O[C@@H]1C. The molecule has 4 rings (SSSR count). The van der Waals surface area contributed by atoms with Gasteiger partial charge < -0.3 is 14.6 Å². The van der Waals surface area contributed by atoms with Gasteiger partial charge in [0.25, 0.3) is 0 Å². The maximum absolute atomic E-state index is 10.3. The Morgan fingerprint density at radius 2 is 1.72 bits per heavy atom. The normalized spacial score (nSPS) is 47.9. The fraction of sp³-hybridized carbons (Fsp3) is 0.909. The smallest absolute Gasteiger partial charge is 0.174 e. The molecule has 2 unspecified atom stereocenters. The molecule has 1 aliphatic heterocycles. The van der Waals surface area contributed by atoms with Gasteiger partial charge in [-0.3, -0.25) is 0 Å². The molecule has 1 spiro atoms. The van der Waals surface area contributed by atoms with Crippen LogP contribution in [0.1, 0.15) is 79.6 Å². The summed E-state index contributed by atoms with van der Waals surface area (Å²) in [5.74, 6) is 0.0973.